The minimum atomic E-state index is -0.361. The van der Waals surface area contributed by atoms with E-state index in [9.17, 15) is 14.0 Å². The summed E-state index contributed by atoms with van der Waals surface area (Å²) < 4.78 is 14.8. The van der Waals surface area contributed by atoms with Crippen molar-refractivity contribution in [3.63, 3.8) is 0 Å². The molecule has 0 saturated carbocycles. The lowest BCUT2D eigenvalue weighted by atomic mass is 10.2. The highest BCUT2D eigenvalue weighted by Crippen LogP contribution is 2.15. The van der Waals surface area contributed by atoms with Crippen LogP contribution in [0.5, 0.6) is 0 Å². The third kappa shape index (κ3) is 5.72. The van der Waals surface area contributed by atoms with Crippen molar-refractivity contribution in [2.45, 2.75) is 0 Å². The Morgan fingerprint density at radius 1 is 0.852 bits per heavy atom. The first kappa shape index (κ1) is 18.7. The van der Waals surface area contributed by atoms with E-state index >= 15 is 0 Å². The van der Waals surface area contributed by atoms with Gasteiger partial charge in [-0.3, -0.25) is 9.59 Å². The average molecular weight is 383 g/mol. The van der Waals surface area contributed by atoms with Gasteiger partial charge in [-0.15, -0.1) is 11.8 Å². The Balaban J connectivity index is 1.44. The van der Waals surface area contributed by atoms with Crippen LogP contribution < -0.4 is 10.6 Å². The Morgan fingerprint density at radius 2 is 1.48 bits per heavy atom. The number of rotatable bonds is 7. The monoisotopic (exact) mass is 383 g/mol. The van der Waals surface area contributed by atoms with Crippen LogP contribution in [0.25, 0.3) is 5.69 Å². The Kier molecular flexibility index (Phi) is 6.27. The van der Waals surface area contributed by atoms with Crippen LogP contribution in [0.4, 0.5) is 15.8 Å². The average Bonchev–Trinajstić information content (AvgIpc) is 3.19. The van der Waals surface area contributed by atoms with E-state index in [2.05, 4.69) is 10.6 Å². The molecule has 0 aliphatic heterocycles. The molecule has 0 fully saturated rings. The maximum atomic E-state index is 12.8. The van der Waals surface area contributed by atoms with Gasteiger partial charge in [0.1, 0.15) is 5.82 Å². The highest BCUT2D eigenvalue weighted by molar-refractivity contribution is 8.00. The highest BCUT2D eigenvalue weighted by atomic mass is 32.2. The number of aromatic nitrogens is 1. The van der Waals surface area contributed by atoms with E-state index in [1.54, 1.807) is 0 Å². The van der Waals surface area contributed by atoms with E-state index in [0.717, 1.165) is 5.69 Å². The maximum Gasteiger partial charge on any atom is 0.234 e. The maximum absolute atomic E-state index is 12.8. The van der Waals surface area contributed by atoms with Crippen molar-refractivity contribution >= 4 is 35.0 Å². The molecule has 2 aromatic carbocycles. The van der Waals surface area contributed by atoms with Crippen molar-refractivity contribution in [1.82, 2.24) is 4.57 Å². The fourth-order valence-corrected chi connectivity index (χ4v) is 3.03. The second-order valence-electron chi connectivity index (χ2n) is 5.74. The molecule has 138 valence electrons. The molecule has 2 N–H and O–H groups in total. The first-order chi connectivity index (χ1) is 13.1. The summed E-state index contributed by atoms with van der Waals surface area (Å²) >= 11 is 1.21. The quantitative estimate of drug-likeness (QED) is 0.650. The van der Waals surface area contributed by atoms with Crippen molar-refractivity contribution in [1.29, 1.82) is 0 Å². The lowest BCUT2D eigenvalue weighted by Gasteiger charge is -2.08. The number of halogens is 1. The molecular weight excluding hydrogens is 365 g/mol. The van der Waals surface area contributed by atoms with Crippen LogP contribution in [0.2, 0.25) is 0 Å². The third-order valence-electron chi connectivity index (χ3n) is 3.63. The fourth-order valence-electron chi connectivity index (χ4n) is 2.41. The molecule has 0 spiro atoms. The van der Waals surface area contributed by atoms with E-state index in [0.29, 0.717) is 11.4 Å². The number of benzene rings is 2. The van der Waals surface area contributed by atoms with E-state index in [1.807, 2.05) is 53.4 Å². The highest BCUT2D eigenvalue weighted by Gasteiger charge is 2.07. The van der Waals surface area contributed by atoms with Crippen LogP contribution >= 0.6 is 11.8 Å². The predicted molar refractivity (Wildman–Crippen MR) is 107 cm³/mol. The standard InChI is InChI=1S/C20H18FN3O2S/c21-15-6-8-16(9-7-15)22-19(25)13-27-14-20(26)23-17-4-3-5-18(12-17)24-10-1-2-11-24/h1-12H,13-14H2,(H,22,25)(H,23,26). The Morgan fingerprint density at radius 3 is 2.15 bits per heavy atom. The van der Waals surface area contributed by atoms with Crippen LogP contribution in [0, 0.1) is 5.82 Å². The fraction of sp³-hybridized carbons (Fsp3) is 0.100. The van der Waals surface area contributed by atoms with Crippen molar-refractivity contribution in [3.05, 3.63) is 78.9 Å². The SMILES string of the molecule is O=C(CSCC(=O)Nc1cccc(-n2cccc2)c1)Nc1ccc(F)cc1. The van der Waals surface area contributed by atoms with Crippen LogP contribution in [-0.2, 0) is 9.59 Å². The van der Waals surface area contributed by atoms with Gasteiger partial charge in [0.05, 0.1) is 11.5 Å². The van der Waals surface area contributed by atoms with E-state index in [4.69, 9.17) is 0 Å². The van der Waals surface area contributed by atoms with Crippen LogP contribution in [0.1, 0.15) is 0 Å². The van der Waals surface area contributed by atoms with E-state index < -0.39 is 0 Å². The molecule has 3 rings (SSSR count). The largest absolute Gasteiger partial charge is 0.325 e. The third-order valence-corrected chi connectivity index (χ3v) is 4.56. The molecule has 0 atom stereocenters. The second-order valence-corrected chi connectivity index (χ2v) is 6.72. The lowest BCUT2D eigenvalue weighted by Crippen LogP contribution is -2.18. The number of anilines is 2. The van der Waals surface area contributed by atoms with Gasteiger partial charge < -0.3 is 15.2 Å². The van der Waals surface area contributed by atoms with Crippen LogP contribution in [0.3, 0.4) is 0 Å². The Labute approximate surface area is 160 Å². The van der Waals surface area contributed by atoms with Gasteiger partial charge in [0.25, 0.3) is 0 Å². The molecule has 3 aromatic rings. The predicted octanol–water partition coefficient (Wildman–Crippen LogP) is 3.93. The zero-order valence-electron chi connectivity index (χ0n) is 14.4. The van der Waals surface area contributed by atoms with Gasteiger partial charge in [0.15, 0.2) is 0 Å². The van der Waals surface area contributed by atoms with Gasteiger partial charge in [0, 0.05) is 29.5 Å². The molecule has 0 aliphatic carbocycles. The number of nitrogens with one attached hydrogen (secondary N) is 2. The molecule has 0 unspecified atom stereocenters. The number of hydrogen-bond donors (Lipinski definition) is 2. The molecule has 2 amide bonds. The number of nitrogens with zero attached hydrogens (tertiary/aromatic N) is 1. The van der Waals surface area contributed by atoms with Gasteiger partial charge in [-0.2, -0.15) is 0 Å². The van der Waals surface area contributed by atoms with Crippen molar-refractivity contribution in [3.8, 4) is 5.69 Å². The molecule has 0 radical (unpaired) electrons. The molecule has 0 bridgehead atoms. The number of thioether (sulfide) groups is 1. The summed E-state index contributed by atoms with van der Waals surface area (Å²) in [7, 11) is 0. The van der Waals surface area contributed by atoms with Gasteiger partial charge in [-0.25, -0.2) is 4.39 Å². The molecule has 1 heterocycles. The molecule has 0 aliphatic rings. The lowest BCUT2D eigenvalue weighted by molar-refractivity contribution is -0.114. The summed E-state index contributed by atoms with van der Waals surface area (Å²) in [5.41, 5.74) is 2.17. The molecule has 27 heavy (non-hydrogen) atoms. The van der Waals surface area contributed by atoms with E-state index in [-0.39, 0.29) is 29.1 Å². The van der Waals surface area contributed by atoms with Gasteiger partial charge in [-0.1, -0.05) is 6.07 Å². The normalized spacial score (nSPS) is 10.4. The summed E-state index contributed by atoms with van der Waals surface area (Å²) in [6.07, 6.45) is 3.85. The molecule has 0 saturated heterocycles. The van der Waals surface area contributed by atoms with Crippen molar-refractivity contribution in [2.24, 2.45) is 0 Å². The molecule has 7 heteroatoms. The number of amides is 2. The zero-order valence-corrected chi connectivity index (χ0v) is 15.2. The second kappa shape index (κ2) is 9.05. The van der Waals surface area contributed by atoms with Crippen LogP contribution in [0.15, 0.2) is 73.1 Å². The summed E-state index contributed by atoms with van der Waals surface area (Å²) in [6, 6.07) is 16.9. The summed E-state index contributed by atoms with van der Waals surface area (Å²) in [5, 5.41) is 5.48. The number of carbonyl (C=O) groups is 2. The van der Waals surface area contributed by atoms with Gasteiger partial charge >= 0.3 is 0 Å². The van der Waals surface area contributed by atoms with Crippen molar-refractivity contribution in [2.75, 3.05) is 22.1 Å². The summed E-state index contributed by atoms with van der Waals surface area (Å²) in [5.74, 6) is -0.494. The van der Waals surface area contributed by atoms with Crippen molar-refractivity contribution < 1.29 is 14.0 Å². The minimum Gasteiger partial charge on any atom is -0.325 e. The molecular formula is C20H18FN3O2S. The summed E-state index contributed by atoms with van der Waals surface area (Å²) in [6.45, 7) is 0. The van der Waals surface area contributed by atoms with Crippen LogP contribution in [-0.4, -0.2) is 27.9 Å². The topological polar surface area (TPSA) is 63.1 Å². The first-order valence-corrected chi connectivity index (χ1v) is 9.42. The van der Waals surface area contributed by atoms with Gasteiger partial charge in [-0.05, 0) is 54.6 Å². The minimum absolute atomic E-state index is 0.133. The Hall–Kier alpha value is -3.06. The van der Waals surface area contributed by atoms with Gasteiger partial charge in [0.2, 0.25) is 11.8 Å². The zero-order chi connectivity index (χ0) is 19.1. The van der Waals surface area contributed by atoms with E-state index in [1.165, 1.54) is 36.0 Å². The number of hydrogen-bond acceptors (Lipinski definition) is 3. The number of carbonyl (C=O) groups excluding carboxylic acids is 2. The molecule has 1 aromatic heterocycles. The molecule has 5 nitrogen and oxygen atoms in total. The summed E-state index contributed by atoms with van der Waals surface area (Å²) in [4.78, 5) is 23.9. The first-order valence-electron chi connectivity index (χ1n) is 8.26. The Bertz CT molecular complexity index is 911. The smallest absolute Gasteiger partial charge is 0.234 e.